The average Bonchev–Trinajstić information content (AvgIpc) is 2.82. The molecule has 2 rings (SSSR count). The van der Waals surface area contributed by atoms with Crippen molar-refractivity contribution in [2.24, 2.45) is 0 Å². The van der Waals surface area contributed by atoms with E-state index in [1.165, 1.54) is 11.3 Å². The summed E-state index contributed by atoms with van der Waals surface area (Å²) in [5.74, 6) is -0.641. The number of benzene rings is 1. The largest absolute Gasteiger partial charge is 0.273 e. The molecule has 0 saturated carbocycles. The van der Waals surface area contributed by atoms with Gasteiger partial charge in [0.25, 0.3) is 5.91 Å². The van der Waals surface area contributed by atoms with Crippen LogP contribution in [-0.2, 0) is 11.2 Å². The Morgan fingerprint density at radius 2 is 1.95 bits per heavy atom. The van der Waals surface area contributed by atoms with Gasteiger partial charge in [-0.3, -0.25) is 20.4 Å². The first-order chi connectivity index (χ1) is 9.15. The molecule has 0 bridgehead atoms. The normalized spacial score (nSPS) is 9.95. The van der Waals surface area contributed by atoms with Crippen LogP contribution >= 0.6 is 11.3 Å². The number of carbonyl (C=O) groups excluding carboxylic acids is 2. The second-order valence-electron chi connectivity index (χ2n) is 3.90. The summed E-state index contributed by atoms with van der Waals surface area (Å²) >= 11 is 1.49. The summed E-state index contributed by atoms with van der Waals surface area (Å²) in [6.07, 6.45) is 0.152. The Morgan fingerprint density at radius 3 is 2.58 bits per heavy atom. The predicted molar refractivity (Wildman–Crippen MR) is 72.6 cm³/mol. The van der Waals surface area contributed by atoms with Crippen molar-refractivity contribution in [1.82, 2.24) is 15.8 Å². The lowest BCUT2D eigenvalue weighted by Gasteiger charge is -2.06. The van der Waals surface area contributed by atoms with Crippen LogP contribution in [0.5, 0.6) is 0 Å². The summed E-state index contributed by atoms with van der Waals surface area (Å²) in [5, 5.41) is 2.74. The zero-order chi connectivity index (χ0) is 13.7. The minimum Gasteiger partial charge on any atom is -0.273 e. The third-order valence-electron chi connectivity index (χ3n) is 2.36. The number of rotatable bonds is 3. The van der Waals surface area contributed by atoms with E-state index in [0.29, 0.717) is 11.3 Å². The molecule has 2 amide bonds. The van der Waals surface area contributed by atoms with Crippen LogP contribution in [0.1, 0.15) is 21.1 Å². The lowest BCUT2D eigenvalue weighted by atomic mass is 10.2. The van der Waals surface area contributed by atoms with E-state index in [2.05, 4.69) is 15.8 Å². The van der Waals surface area contributed by atoms with Gasteiger partial charge in [0.05, 0.1) is 17.1 Å². The molecule has 0 aliphatic carbocycles. The van der Waals surface area contributed by atoms with Gasteiger partial charge in [0, 0.05) is 10.9 Å². The molecule has 0 saturated heterocycles. The number of carbonyl (C=O) groups is 2. The summed E-state index contributed by atoms with van der Waals surface area (Å²) in [5.41, 5.74) is 5.92. The maximum Gasteiger partial charge on any atom is 0.269 e. The first kappa shape index (κ1) is 13.2. The topological polar surface area (TPSA) is 71.1 Å². The number of hydrazine groups is 1. The van der Waals surface area contributed by atoms with Crippen molar-refractivity contribution in [3.8, 4) is 0 Å². The van der Waals surface area contributed by atoms with E-state index in [4.69, 9.17) is 0 Å². The molecule has 1 heterocycles. The van der Waals surface area contributed by atoms with Crippen molar-refractivity contribution < 1.29 is 9.59 Å². The van der Waals surface area contributed by atoms with E-state index in [-0.39, 0.29) is 18.2 Å². The van der Waals surface area contributed by atoms with Crippen LogP contribution in [-0.4, -0.2) is 16.8 Å². The summed E-state index contributed by atoms with van der Waals surface area (Å²) in [4.78, 5) is 27.4. The fourth-order valence-electron chi connectivity index (χ4n) is 1.49. The molecular weight excluding hydrogens is 262 g/mol. The third kappa shape index (κ3) is 3.89. The number of aryl methyl sites for hydroxylation is 1. The zero-order valence-electron chi connectivity index (χ0n) is 10.3. The Morgan fingerprint density at radius 1 is 1.21 bits per heavy atom. The van der Waals surface area contributed by atoms with Gasteiger partial charge in [-0.25, -0.2) is 4.98 Å². The second-order valence-corrected chi connectivity index (χ2v) is 4.97. The maximum atomic E-state index is 11.7. The number of hydrogen-bond acceptors (Lipinski definition) is 4. The van der Waals surface area contributed by atoms with Gasteiger partial charge in [0.2, 0.25) is 5.91 Å². The zero-order valence-corrected chi connectivity index (χ0v) is 11.2. The molecule has 2 N–H and O–H groups in total. The number of thiazole rings is 1. The monoisotopic (exact) mass is 275 g/mol. The highest BCUT2D eigenvalue weighted by molar-refractivity contribution is 7.09. The molecule has 5 nitrogen and oxygen atoms in total. The fourth-order valence-corrected chi connectivity index (χ4v) is 2.10. The van der Waals surface area contributed by atoms with Crippen molar-refractivity contribution in [2.75, 3.05) is 0 Å². The lowest BCUT2D eigenvalue weighted by Crippen LogP contribution is -2.42. The molecule has 0 aliphatic rings. The van der Waals surface area contributed by atoms with Gasteiger partial charge in [0.15, 0.2) is 0 Å². The summed E-state index contributed by atoms with van der Waals surface area (Å²) in [6.45, 7) is 1.88. The van der Waals surface area contributed by atoms with Crippen LogP contribution in [0, 0.1) is 6.92 Å². The number of aromatic nitrogens is 1. The molecule has 0 spiro atoms. The highest BCUT2D eigenvalue weighted by Crippen LogP contribution is 2.08. The minimum absolute atomic E-state index is 0.152. The Bertz CT molecular complexity index is 581. The van der Waals surface area contributed by atoms with Crippen molar-refractivity contribution in [1.29, 1.82) is 0 Å². The Labute approximate surface area is 114 Å². The van der Waals surface area contributed by atoms with E-state index in [1.54, 1.807) is 24.3 Å². The smallest absolute Gasteiger partial charge is 0.269 e. The third-order valence-corrected chi connectivity index (χ3v) is 3.18. The van der Waals surface area contributed by atoms with Crippen LogP contribution in [0.3, 0.4) is 0 Å². The van der Waals surface area contributed by atoms with Crippen LogP contribution in [0.15, 0.2) is 35.7 Å². The predicted octanol–water partition coefficient (Wildman–Crippen LogP) is 1.46. The number of nitrogens with zero attached hydrogens (tertiary/aromatic N) is 1. The van der Waals surface area contributed by atoms with E-state index < -0.39 is 0 Å². The fraction of sp³-hybridized carbons (Fsp3) is 0.154. The van der Waals surface area contributed by atoms with Crippen LogP contribution in [0.25, 0.3) is 0 Å². The summed E-state index contributed by atoms with van der Waals surface area (Å²) in [7, 11) is 0. The van der Waals surface area contributed by atoms with Gasteiger partial charge in [-0.1, -0.05) is 18.2 Å². The number of nitrogens with one attached hydrogen (secondary N) is 2. The van der Waals surface area contributed by atoms with Gasteiger partial charge >= 0.3 is 0 Å². The molecule has 0 aliphatic heterocycles. The van der Waals surface area contributed by atoms with Crippen molar-refractivity contribution in [3.05, 3.63) is 52.0 Å². The second kappa shape index (κ2) is 6.10. The van der Waals surface area contributed by atoms with Gasteiger partial charge in [-0.05, 0) is 19.1 Å². The van der Waals surface area contributed by atoms with Gasteiger partial charge in [-0.15, -0.1) is 11.3 Å². The first-order valence-electron chi connectivity index (χ1n) is 5.70. The average molecular weight is 275 g/mol. The minimum atomic E-state index is -0.344. The summed E-state index contributed by atoms with van der Waals surface area (Å²) < 4.78 is 0. The Hall–Kier alpha value is -2.21. The van der Waals surface area contributed by atoms with Crippen LogP contribution < -0.4 is 10.9 Å². The first-order valence-corrected chi connectivity index (χ1v) is 6.58. The molecule has 0 unspecified atom stereocenters. The van der Waals surface area contributed by atoms with Gasteiger partial charge < -0.3 is 0 Å². The molecule has 6 heteroatoms. The lowest BCUT2D eigenvalue weighted by molar-refractivity contribution is -0.121. The molecule has 0 radical (unpaired) electrons. The Balaban J connectivity index is 1.82. The number of amides is 2. The van der Waals surface area contributed by atoms with Crippen LogP contribution in [0.4, 0.5) is 0 Å². The van der Waals surface area contributed by atoms with E-state index >= 15 is 0 Å². The van der Waals surface area contributed by atoms with Crippen LogP contribution in [0.2, 0.25) is 0 Å². The van der Waals surface area contributed by atoms with Gasteiger partial charge in [-0.2, -0.15) is 0 Å². The molecule has 0 fully saturated rings. The number of hydrogen-bond donors (Lipinski definition) is 2. The van der Waals surface area contributed by atoms with Crippen molar-refractivity contribution in [2.45, 2.75) is 13.3 Å². The summed E-state index contributed by atoms with van der Waals surface area (Å²) in [6, 6.07) is 8.68. The molecule has 19 heavy (non-hydrogen) atoms. The molecule has 1 aromatic heterocycles. The van der Waals surface area contributed by atoms with Gasteiger partial charge in [0.1, 0.15) is 0 Å². The van der Waals surface area contributed by atoms with E-state index in [0.717, 1.165) is 5.01 Å². The maximum absolute atomic E-state index is 11.7. The molecule has 1 aromatic carbocycles. The highest BCUT2D eigenvalue weighted by Gasteiger charge is 2.08. The SMILES string of the molecule is Cc1nc(CC(=O)NNC(=O)c2ccccc2)cs1. The molecule has 2 aromatic rings. The van der Waals surface area contributed by atoms with Crippen molar-refractivity contribution in [3.63, 3.8) is 0 Å². The Kier molecular flexibility index (Phi) is 4.25. The highest BCUT2D eigenvalue weighted by atomic mass is 32.1. The standard InChI is InChI=1S/C13H13N3O2S/c1-9-14-11(8-19-9)7-12(17)15-16-13(18)10-5-3-2-4-6-10/h2-6,8H,7H2,1H3,(H,15,17)(H,16,18). The quantitative estimate of drug-likeness (QED) is 0.833. The van der Waals surface area contributed by atoms with Crippen molar-refractivity contribution >= 4 is 23.2 Å². The molecule has 98 valence electrons. The van der Waals surface area contributed by atoms with E-state index in [9.17, 15) is 9.59 Å². The molecular formula is C13H13N3O2S. The molecule has 0 atom stereocenters. The van der Waals surface area contributed by atoms with E-state index in [1.807, 2.05) is 18.4 Å².